The fourth-order valence-electron chi connectivity index (χ4n) is 1.58. The first-order chi connectivity index (χ1) is 7.98. The smallest absolute Gasteiger partial charge is 0.371 e. The van der Waals surface area contributed by atoms with Crippen molar-refractivity contribution in [2.75, 3.05) is 5.88 Å². The maximum Gasteiger partial charge on any atom is 0.416 e. The molecule has 1 aromatic rings. The fraction of sp³-hybridized carbons (Fsp3) is 0.273. The lowest BCUT2D eigenvalue weighted by atomic mass is 10.1. The van der Waals surface area contributed by atoms with Gasteiger partial charge in [0.25, 0.3) is 0 Å². The molecule has 1 heterocycles. The molecule has 6 heteroatoms. The van der Waals surface area contributed by atoms with Crippen LogP contribution in [-0.2, 0) is 11.0 Å². The van der Waals surface area contributed by atoms with E-state index in [1.54, 1.807) is 6.20 Å². The third-order valence-corrected chi connectivity index (χ3v) is 4.25. The zero-order chi connectivity index (χ0) is 12.5. The van der Waals surface area contributed by atoms with Crippen molar-refractivity contribution in [3.8, 4) is 0 Å². The van der Waals surface area contributed by atoms with E-state index >= 15 is 0 Å². The highest BCUT2D eigenvalue weighted by atomic mass is 35.5. The van der Waals surface area contributed by atoms with Gasteiger partial charge in [-0.05, 0) is 23.1 Å². The first-order valence-corrected chi connectivity index (χ1v) is 6.24. The normalized spacial score (nSPS) is 23.8. The Labute approximate surface area is 106 Å². The van der Waals surface area contributed by atoms with Gasteiger partial charge in [0.05, 0.1) is 11.4 Å². The van der Waals surface area contributed by atoms with Gasteiger partial charge in [0.15, 0.2) is 0 Å². The van der Waals surface area contributed by atoms with Crippen LogP contribution in [0, 0.1) is 0 Å². The maximum absolute atomic E-state index is 12.4. The highest BCUT2D eigenvalue weighted by molar-refractivity contribution is 8.03. The molecule has 0 saturated carbocycles. The fourth-order valence-corrected chi connectivity index (χ4v) is 2.84. The summed E-state index contributed by atoms with van der Waals surface area (Å²) in [6.45, 7) is 0. The molecule has 1 nitrogen and oxygen atoms in total. The summed E-state index contributed by atoms with van der Waals surface area (Å²) in [7, 11) is 0. The molecule has 92 valence electrons. The van der Waals surface area contributed by atoms with Crippen molar-refractivity contribution in [3.05, 3.63) is 47.0 Å². The molecule has 0 radical (unpaired) electrons. The number of rotatable bonds is 2. The van der Waals surface area contributed by atoms with Gasteiger partial charge in [0.2, 0.25) is 0 Å². The number of thioether (sulfide) groups is 1. The minimum atomic E-state index is -4.30. The van der Waals surface area contributed by atoms with Gasteiger partial charge in [0, 0.05) is 6.20 Å². The molecule has 0 amide bonds. The number of hydrogen-bond donors (Lipinski definition) is 1. The summed E-state index contributed by atoms with van der Waals surface area (Å²) in [5.41, 5.74) is 0.0810. The van der Waals surface area contributed by atoms with Crippen molar-refractivity contribution >= 4 is 23.4 Å². The van der Waals surface area contributed by atoms with Crippen LogP contribution in [0.5, 0.6) is 0 Å². The van der Waals surface area contributed by atoms with Crippen LogP contribution >= 0.6 is 23.4 Å². The molecule has 1 aliphatic rings. The van der Waals surface area contributed by atoms with Crippen LogP contribution < -0.4 is 5.32 Å². The molecule has 0 saturated heterocycles. The topological polar surface area (TPSA) is 12.0 Å². The van der Waals surface area contributed by atoms with Gasteiger partial charge in [-0.3, -0.25) is 0 Å². The van der Waals surface area contributed by atoms with Crippen LogP contribution in [0.1, 0.15) is 11.1 Å². The van der Waals surface area contributed by atoms with Gasteiger partial charge in [0.1, 0.15) is 4.87 Å². The molecule has 0 fully saturated rings. The first-order valence-electron chi connectivity index (χ1n) is 4.82. The molecule has 2 rings (SSSR count). The Bertz CT molecular complexity index is 419. The number of halogens is 4. The summed E-state index contributed by atoms with van der Waals surface area (Å²) < 4.78 is 37.2. The van der Waals surface area contributed by atoms with Crippen LogP contribution in [0.2, 0.25) is 0 Å². The number of benzene rings is 1. The number of nitrogens with one attached hydrogen (secondary N) is 1. The van der Waals surface area contributed by atoms with Crippen molar-refractivity contribution in [3.63, 3.8) is 0 Å². The summed E-state index contributed by atoms with van der Waals surface area (Å²) >= 11 is 7.33. The van der Waals surface area contributed by atoms with Crippen molar-refractivity contribution in [2.24, 2.45) is 0 Å². The molecular formula is C11H9ClF3NS. The van der Waals surface area contributed by atoms with E-state index in [1.807, 2.05) is 5.41 Å². The Morgan fingerprint density at radius 3 is 2.29 bits per heavy atom. The van der Waals surface area contributed by atoms with Crippen molar-refractivity contribution in [1.82, 2.24) is 5.32 Å². The van der Waals surface area contributed by atoms with Crippen LogP contribution in [0.15, 0.2) is 35.9 Å². The number of hydrogen-bond acceptors (Lipinski definition) is 2. The van der Waals surface area contributed by atoms with E-state index in [9.17, 15) is 13.2 Å². The second-order valence-electron chi connectivity index (χ2n) is 3.60. The molecule has 1 aromatic carbocycles. The summed E-state index contributed by atoms with van der Waals surface area (Å²) in [4.78, 5) is -0.550. The zero-order valence-electron chi connectivity index (χ0n) is 8.59. The van der Waals surface area contributed by atoms with E-state index in [0.29, 0.717) is 0 Å². The Kier molecular flexibility index (Phi) is 3.32. The lowest BCUT2D eigenvalue weighted by Crippen LogP contribution is -2.34. The summed E-state index contributed by atoms with van der Waals surface area (Å²) in [5.74, 6) is 0.274. The summed E-state index contributed by atoms with van der Waals surface area (Å²) in [5, 5.41) is 4.90. The van der Waals surface area contributed by atoms with Gasteiger partial charge in [-0.1, -0.05) is 23.9 Å². The molecule has 0 spiro atoms. The van der Waals surface area contributed by atoms with E-state index in [-0.39, 0.29) is 5.88 Å². The standard InChI is InChI=1S/C11H9ClF3NS/c12-7-10(16-5-6-17-10)8-1-3-9(4-2-8)11(13,14)15/h1-6,16H,7H2. The Morgan fingerprint density at radius 2 is 1.88 bits per heavy atom. The highest BCUT2D eigenvalue weighted by Crippen LogP contribution is 2.40. The van der Waals surface area contributed by atoms with E-state index in [4.69, 9.17) is 11.6 Å². The SMILES string of the molecule is FC(F)(F)c1ccc(C2(CCl)NC=CS2)cc1. The predicted octanol–water partition coefficient (Wildman–Crippen LogP) is 3.90. The lowest BCUT2D eigenvalue weighted by Gasteiger charge is -2.27. The number of alkyl halides is 4. The van der Waals surface area contributed by atoms with Crippen molar-refractivity contribution in [1.29, 1.82) is 0 Å². The van der Waals surface area contributed by atoms with E-state index in [1.165, 1.54) is 23.9 Å². The average molecular weight is 280 g/mol. The third-order valence-electron chi connectivity index (χ3n) is 2.52. The predicted molar refractivity (Wildman–Crippen MR) is 63.7 cm³/mol. The van der Waals surface area contributed by atoms with Crippen molar-refractivity contribution in [2.45, 2.75) is 11.0 Å². The highest BCUT2D eigenvalue weighted by Gasteiger charge is 2.35. The van der Waals surface area contributed by atoms with E-state index < -0.39 is 16.6 Å². The van der Waals surface area contributed by atoms with Gasteiger partial charge in [-0.25, -0.2) is 0 Å². The van der Waals surface area contributed by atoms with Gasteiger partial charge in [-0.2, -0.15) is 13.2 Å². The minimum absolute atomic E-state index is 0.274. The summed E-state index contributed by atoms with van der Waals surface area (Å²) in [6, 6.07) is 5.06. The van der Waals surface area contributed by atoms with Crippen LogP contribution in [-0.4, -0.2) is 5.88 Å². The molecule has 0 aromatic heterocycles. The molecule has 0 bridgehead atoms. The van der Waals surface area contributed by atoms with Crippen LogP contribution in [0.25, 0.3) is 0 Å². The third kappa shape index (κ3) is 2.40. The second-order valence-corrected chi connectivity index (χ2v) is 5.07. The Hall–Kier alpha value is -0.810. The molecule has 1 unspecified atom stereocenters. The van der Waals surface area contributed by atoms with Gasteiger partial charge >= 0.3 is 6.18 Å². The Balaban J connectivity index is 2.29. The lowest BCUT2D eigenvalue weighted by molar-refractivity contribution is -0.137. The molecular weight excluding hydrogens is 271 g/mol. The minimum Gasteiger partial charge on any atom is -0.371 e. The second kappa shape index (κ2) is 4.46. The monoisotopic (exact) mass is 279 g/mol. The maximum atomic E-state index is 12.4. The average Bonchev–Trinajstić information content (AvgIpc) is 2.78. The van der Waals surface area contributed by atoms with E-state index in [0.717, 1.165) is 17.7 Å². The summed E-state index contributed by atoms with van der Waals surface area (Å²) in [6.07, 6.45) is -2.56. The molecule has 1 N–H and O–H groups in total. The Morgan fingerprint density at radius 1 is 1.24 bits per heavy atom. The quantitative estimate of drug-likeness (QED) is 0.824. The first kappa shape index (κ1) is 12.6. The largest absolute Gasteiger partial charge is 0.416 e. The molecule has 17 heavy (non-hydrogen) atoms. The molecule has 0 aliphatic carbocycles. The molecule has 1 atom stereocenters. The van der Waals surface area contributed by atoms with Crippen LogP contribution in [0.4, 0.5) is 13.2 Å². The van der Waals surface area contributed by atoms with Crippen LogP contribution in [0.3, 0.4) is 0 Å². The van der Waals surface area contributed by atoms with Gasteiger partial charge < -0.3 is 5.32 Å². The van der Waals surface area contributed by atoms with E-state index in [2.05, 4.69) is 5.32 Å². The zero-order valence-corrected chi connectivity index (χ0v) is 10.2. The van der Waals surface area contributed by atoms with Gasteiger partial charge in [-0.15, -0.1) is 11.6 Å². The molecule has 1 aliphatic heterocycles. The van der Waals surface area contributed by atoms with Crippen molar-refractivity contribution < 1.29 is 13.2 Å².